The molecule has 4 bridgehead atoms. The standard InChI is InChI=1S/C14H24N2O2/c1-2-12(13(17)16-15)18-14-6-9-3-10(7-14)5-11(4-9)8-14/h9-12H,2-8,15H2,1H3,(H,16,17). The Morgan fingerprint density at radius 3 is 2.17 bits per heavy atom. The molecule has 1 unspecified atom stereocenters. The Morgan fingerprint density at radius 2 is 1.78 bits per heavy atom. The maximum atomic E-state index is 11.7. The van der Waals surface area contributed by atoms with E-state index in [-0.39, 0.29) is 17.6 Å². The highest BCUT2D eigenvalue weighted by atomic mass is 16.5. The third-order valence-corrected chi connectivity index (χ3v) is 5.18. The Labute approximate surface area is 109 Å². The van der Waals surface area contributed by atoms with E-state index in [0.29, 0.717) is 6.42 Å². The van der Waals surface area contributed by atoms with Crippen molar-refractivity contribution in [1.29, 1.82) is 0 Å². The molecule has 3 N–H and O–H groups in total. The summed E-state index contributed by atoms with van der Waals surface area (Å²) in [6.07, 6.45) is 7.98. The van der Waals surface area contributed by atoms with Crippen LogP contribution in [0.2, 0.25) is 0 Å². The summed E-state index contributed by atoms with van der Waals surface area (Å²) in [6, 6.07) is 0. The maximum absolute atomic E-state index is 11.7. The average molecular weight is 252 g/mol. The molecule has 18 heavy (non-hydrogen) atoms. The largest absolute Gasteiger partial charge is 0.362 e. The van der Waals surface area contributed by atoms with Crippen molar-refractivity contribution in [3.63, 3.8) is 0 Å². The van der Waals surface area contributed by atoms with Gasteiger partial charge in [0.25, 0.3) is 5.91 Å². The molecule has 102 valence electrons. The molecule has 0 saturated heterocycles. The molecule has 0 aromatic heterocycles. The van der Waals surface area contributed by atoms with Gasteiger partial charge in [0.2, 0.25) is 0 Å². The molecular formula is C14H24N2O2. The summed E-state index contributed by atoms with van der Waals surface area (Å²) >= 11 is 0. The Balaban J connectivity index is 1.73. The second-order valence-electron chi connectivity index (χ2n) is 6.62. The molecule has 1 amide bonds. The lowest BCUT2D eigenvalue weighted by atomic mass is 9.54. The van der Waals surface area contributed by atoms with Crippen molar-refractivity contribution in [2.24, 2.45) is 23.6 Å². The summed E-state index contributed by atoms with van der Waals surface area (Å²) in [5.74, 6) is 7.59. The van der Waals surface area contributed by atoms with Gasteiger partial charge in [0, 0.05) is 0 Å². The number of hydrogen-bond donors (Lipinski definition) is 2. The SMILES string of the molecule is CCC(OC12CC3CC(CC(C3)C1)C2)C(=O)NN. The molecule has 4 aliphatic rings. The molecule has 0 aromatic carbocycles. The predicted octanol–water partition coefficient (Wildman–Crippen LogP) is 1.74. The minimum absolute atomic E-state index is 0.0120. The average Bonchev–Trinajstić information content (AvgIpc) is 2.33. The Kier molecular flexibility index (Phi) is 3.10. The van der Waals surface area contributed by atoms with Crippen LogP contribution in [0.5, 0.6) is 0 Å². The van der Waals surface area contributed by atoms with Crippen molar-refractivity contribution in [2.45, 2.75) is 63.6 Å². The summed E-state index contributed by atoms with van der Waals surface area (Å²) in [6.45, 7) is 1.99. The lowest BCUT2D eigenvalue weighted by Crippen LogP contribution is -2.55. The smallest absolute Gasteiger partial charge is 0.263 e. The van der Waals surface area contributed by atoms with Crippen LogP contribution in [-0.4, -0.2) is 17.6 Å². The topological polar surface area (TPSA) is 64.3 Å². The van der Waals surface area contributed by atoms with Crippen molar-refractivity contribution in [1.82, 2.24) is 5.43 Å². The number of nitrogens with two attached hydrogens (primary N) is 1. The minimum atomic E-state index is -0.369. The molecule has 4 rings (SSSR count). The molecule has 4 aliphatic carbocycles. The second-order valence-corrected chi connectivity index (χ2v) is 6.62. The quantitative estimate of drug-likeness (QED) is 0.455. The van der Waals surface area contributed by atoms with Gasteiger partial charge in [-0.3, -0.25) is 10.2 Å². The molecule has 4 nitrogen and oxygen atoms in total. The Morgan fingerprint density at radius 1 is 1.28 bits per heavy atom. The lowest BCUT2D eigenvalue weighted by molar-refractivity contribution is -0.192. The number of hydrazine groups is 1. The van der Waals surface area contributed by atoms with E-state index in [9.17, 15) is 4.79 Å². The summed E-state index contributed by atoms with van der Waals surface area (Å²) in [5, 5.41) is 0. The Bertz CT molecular complexity index is 307. The van der Waals surface area contributed by atoms with Gasteiger partial charge in [-0.1, -0.05) is 6.92 Å². The van der Waals surface area contributed by atoms with Gasteiger partial charge in [-0.05, 0) is 62.7 Å². The molecule has 4 saturated carbocycles. The normalized spacial score (nSPS) is 42.9. The summed E-state index contributed by atoms with van der Waals surface area (Å²) in [7, 11) is 0. The minimum Gasteiger partial charge on any atom is -0.362 e. The van der Waals surface area contributed by atoms with E-state index in [0.717, 1.165) is 37.0 Å². The van der Waals surface area contributed by atoms with Crippen LogP contribution in [0.25, 0.3) is 0 Å². The number of rotatable bonds is 4. The number of amides is 1. The van der Waals surface area contributed by atoms with E-state index < -0.39 is 0 Å². The summed E-state index contributed by atoms with van der Waals surface area (Å²) < 4.78 is 6.26. The molecule has 1 atom stereocenters. The predicted molar refractivity (Wildman–Crippen MR) is 68.4 cm³/mol. The molecule has 0 heterocycles. The van der Waals surface area contributed by atoms with Gasteiger partial charge in [-0.25, -0.2) is 5.84 Å². The zero-order chi connectivity index (χ0) is 12.8. The number of hydrogen-bond acceptors (Lipinski definition) is 3. The van der Waals surface area contributed by atoms with E-state index in [1.807, 2.05) is 6.92 Å². The van der Waals surface area contributed by atoms with Gasteiger partial charge in [0.15, 0.2) is 0 Å². The van der Waals surface area contributed by atoms with Crippen LogP contribution < -0.4 is 11.3 Å². The van der Waals surface area contributed by atoms with Crippen LogP contribution in [0, 0.1) is 17.8 Å². The van der Waals surface area contributed by atoms with E-state index in [1.54, 1.807) is 0 Å². The van der Waals surface area contributed by atoms with E-state index in [1.165, 1.54) is 19.3 Å². The molecule has 4 fully saturated rings. The van der Waals surface area contributed by atoms with Crippen LogP contribution in [0.15, 0.2) is 0 Å². The van der Waals surface area contributed by atoms with Crippen molar-refractivity contribution in [3.8, 4) is 0 Å². The molecule has 0 radical (unpaired) electrons. The van der Waals surface area contributed by atoms with Crippen LogP contribution in [-0.2, 0) is 9.53 Å². The molecular weight excluding hydrogens is 228 g/mol. The van der Waals surface area contributed by atoms with Gasteiger partial charge < -0.3 is 4.74 Å². The fraction of sp³-hybridized carbons (Fsp3) is 0.929. The highest BCUT2D eigenvalue weighted by Crippen LogP contribution is 2.57. The third kappa shape index (κ3) is 2.05. The van der Waals surface area contributed by atoms with Crippen LogP contribution in [0.3, 0.4) is 0 Å². The van der Waals surface area contributed by atoms with Gasteiger partial charge in [-0.2, -0.15) is 0 Å². The van der Waals surface area contributed by atoms with Gasteiger partial charge >= 0.3 is 0 Å². The molecule has 4 heteroatoms. The number of ether oxygens (including phenoxy) is 1. The van der Waals surface area contributed by atoms with Crippen LogP contribution >= 0.6 is 0 Å². The van der Waals surface area contributed by atoms with Crippen molar-refractivity contribution < 1.29 is 9.53 Å². The van der Waals surface area contributed by atoms with Crippen molar-refractivity contribution in [3.05, 3.63) is 0 Å². The molecule has 0 aromatic rings. The van der Waals surface area contributed by atoms with Gasteiger partial charge in [-0.15, -0.1) is 0 Å². The first-order valence-electron chi connectivity index (χ1n) is 7.32. The first-order valence-corrected chi connectivity index (χ1v) is 7.32. The monoisotopic (exact) mass is 252 g/mol. The van der Waals surface area contributed by atoms with Crippen LogP contribution in [0.1, 0.15) is 51.9 Å². The zero-order valence-electron chi connectivity index (χ0n) is 11.2. The van der Waals surface area contributed by atoms with Crippen molar-refractivity contribution >= 4 is 5.91 Å². The van der Waals surface area contributed by atoms with E-state index >= 15 is 0 Å². The summed E-state index contributed by atoms with van der Waals surface area (Å²) in [4.78, 5) is 11.7. The molecule has 0 spiro atoms. The Hall–Kier alpha value is -0.610. The van der Waals surface area contributed by atoms with Gasteiger partial charge in [0.1, 0.15) is 6.10 Å². The van der Waals surface area contributed by atoms with Crippen LogP contribution in [0.4, 0.5) is 0 Å². The fourth-order valence-electron chi connectivity index (χ4n) is 4.89. The first kappa shape index (κ1) is 12.4. The van der Waals surface area contributed by atoms with E-state index in [4.69, 9.17) is 10.6 Å². The first-order chi connectivity index (χ1) is 8.64. The number of nitrogens with one attached hydrogen (secondary N) is 1. The zero-order valence-corrected chi connectivity index (χ0v) is 11.2. The summed E-state index contributed by atoms with van der Waals surface area (Å²) in [5.41, 5.74) is 2.22. The fourth-order valence-corrected chi connectivity index (χ4v) is 4.89. The number of carbonyl (C=O) groups excluding carboxylic acids is 1. The van der Waals surface area contributed by atoms with Gasteiger partial charge in [0.05, 0.1) is 5.60 Å². The second kappa shape index (κ2) is 4.49. The lowest BCUT2D eigenvalue weighted by Gasteiger charge is -2.56. The van der Waals surface area contributed by atoms with Crippen molar-refractivity contribution in [2.75, 3.05) is 0 Å². The number of carbonyl (C=O) groups is 1. The molecule has 0 aliphatic heterocycles. The maximum Gasteiger partial charge on any atom is 0.263 e. The highest BCUT2D eigenvalue weighted by Gasteiger charge is 2.52. The highest BCUT2D eigenvalue weighted by molar-refractivity contribution is 5.80. The third-order valence-electron chi connectivity index (χ3n) is 5.18. The van der Waals surface area contributed by atoms with E-state index in [2.05, 4.69) is 5.43 Å².